The first kappa shape index (κ1) is 17.2. The zero-order valence-electron chi connectivity index (χ0n) is 13.7. The molecule has 2 N–H and O–H groups in total. The lowest BCUT2D eigenvalue weighted by Crippen LogP contribution is -2.50. The summed E-state index contributed by atoms with van der Waals surface area (Å²) in [6, 6.07) is 3.19. The fourth-order valence-corrected chi connectivity index (χ4v) is 2.08. The molecular weight excluding hydrogens is 298 g/mol. The van der Waals surface area contributed by atoms with Gasteiger partial charge in [0.25, 0.3) is 5.91 Å². The van der Waals surface area contributed by atoms with Crippen molar-refractivity contribution >= 4 is 11.8 Å². The van der Waals surface area contributed by atoms with Gasteiger partial charge in [-0.15, -0.1) is 0 Å². The Labute approximate surface area is 135 Å². The molecule has 7 heteroatoms. The summed E-state index contributed by atoms with van der Waals surface area (Å²) in [5.74, 6) is -0.0851. The van der Waals surface area contributed by atoms with E-state index in [9.17, 15) is 9.59 Å². The van der Waals surface area contributed by atoms with E-state index in [0.29, 0.717) is 37.5 Å². The molecule has 0 bridgehead atoms. The number of ether oxygens (including phenoxy) is 2. The molecule has 1 fully saturated rings. The summed E-state index contributed by atoms with van der Waals surface area (Å²) >= 11 is 0. The molecule has 0 radical (unpaired) electrons. The number of nitrogens with zero attached hydrogens (tertiary/aromatic N) is 1. The summed E-state index contributed by atoms with van der Waals surface area (Å²) in [7, 11) is 1.58. The number of carbonyl (C=O) groups excluding carboxylic acids is 2. The lowest BCUT2D eigenvalue weighted by atomic mass is 10.2. The van der Waals surface area contributed by atoms with Crippen LogP contribution in [0.25, 0.3) is 0 Å². The van der Waals surface area contributed by atoms with Gasteiger partial charge in [0, 0.05) is 31.0 Å². The fourth-order valence-electron chi connectivity index (χ4n) is 2.08. The van der Waals surface area contributed by atoms with Crippen LogP contribution in [0.4, 0.5) is 0 Å². The van der Waals surface area contributed by atoms with Crippen molar-refractivity contribution < 1.29 is 19.1 Å². The molecule has 1 aromatic rings. The Morgan fingerprint density at radius 3 is 2.70 bits per heavy atom. The third-order valence-electron chi connectivity index (χ3n) is 3.49. The Balaban J connectivity index is 1.98. The molecule has 1 saturated carbocycles. The lowest BCUT2D eigenvalue weighted by molar-refractivity contribution is -0.124. The van der Waals surface area contributed by atoms with Gasteiger partial charge in [0.1, 0.15) is 12.1 Å². The van der Waals surface area contributed by atoms with Crippen LogP contribution in [0.3, 0.4) is 0 Å². The standard InChI is InChI=1S/C16H23N3O4/c1-11(2)18-15(21)16(5-6-16)19-14(20)12-4-7-17-13(10-12)23-9-8-22-3/h4,7,10-11H,5-6,8-9H2,1-3H3,(H,18,21)(H,19,20). The number of methoxy groups -OCH3 is 1. The highest BCUT2D eigenvalue weighted by molar-refractivity contribution is 6.00. The van der Waals surface area contributed by atoms with Crippen molar-refractivity contribution in [1.82, 2.24) is 15.6 Å². The largest absolute Gasteiger partial charge is 0.475 e. The maximum absolute atomic E-state index is 12.4. The first-order valence-corrected chi connectivity index (χ1v) is 7.68. The Morgan fingerprint density at radius 2 is 2.09 bits per heavy atom. The van der Waals surface area contributed by atoms with E-state index in [1.54, 1.807) is 19.2 Å². The number of hydrogen-bond donors (Lipinski definition) is 2. The van der Waals surface area contributed by atoms with Gasteiger partial charge in [-0.05, 0) is 32.8 Å². The Bertz CT molecular complexity index is 570. The fraction of sp³-hybridized carbons (Fsp3) is 0.562. The number of pyridine rings is 1. The summed E-state index contributed by atoms with van der Waals surface area (Å²) in [5, 5.41) is 5.67. The molecule has 7 nitrogen and oxygen atoms in total. The second-order valence-corrected chi connectivity index (χ2v) is 5.89. The zero-order valence-corrected chi connectivity index (χ0v) is 13.7. The molecule has 0 spiro atoms. The summed E-state index contributed by atoms with van der Waals surface area (Å²) in [6.45, 7) is 4.58. The summed E-state index contributed by atoms with van der Waals surface area (Å²) in [5.41, 5.74) is -0.363. The monoisotopic (exact) mass is 321 g/mol. The van der Waals surface area contributed by atoms with Crippen LogP contribution in [0.2, 0.25) is 0 Å². The van der Waals surface area contributed by atoms with Crippen LogP contribution in [0, 0.1) is 0 Å². The van der Waals surface area contributed by atoms with E-state index in [-0.39, 0.29) is 17.9 Å². The van der Waals surface area contributed by atoms with Crippen LogP contribution in [-0.4, -0.2) is 48.7 Å². The zero-order chi connectivity index (χ0) is 16.9. The van der Waals surface area contributed by atoms with Crippen LogP contribution in [0.5, 0.6) is 5.88 Å². The molecule has 126 valence electrons. The van der Waals surface area contributed by atoms with Crippen LogP contribution in [0.1, 0.15) is 37.0 Å². The van der Waals surface area contributed by atoms with Crippen molar-refractivity contribution in [3.63, 3.8) is 0 Å². The van der Waals surface area contributed by atoms with Crippen molar-refractivity contribution in [2.75, 3.05) is 20.3 Å². The topological polar surface area (TPSA) is 89.5 Å². The summed E-state index contributed by atoms with van der Waals surface area (Å²) in [6.07, 6.45) is 2.81. The van der Waals surface area contributed by atoms with E-state index in [1.807, 2.05) is 13.8 Å². The lowest BCUT2D eigenvalue weighted by Gasteiger charge is -2.19. The van der Waals surface area contributed by atoms with E-state index in [1.165, 1.54) is 6.20 Å². The van der Waals surface area contributed by atoms with Gasteiger partial charge in [0.05, 0.1) is 6.61 Å². The van der Waals surface area contributed by atoms with E-state index < -0.39 is 5.54 Å². The quantitative estimate of drug-likeness (QED) is 0.694. The highest BCUT2D eigenvalue weighted by Crippen LogP contribution is 2.36. The molecule has 1 heterocycles. The number of carbonyl (C=O) groups is 2. The molecule has 0 aliphatic heterocycles. The minimum atomic E-state index is -0.776. The average Bonchev–Trinajstić information content (AvgIpc) is 3.28. The number of amides is 2. The third-order valence-corrected chi connectivity index (χ3v) is 3.49. The third kappa shape index (κ3) is 4.66. The van der Waals surface area contributed by atoms with Gasteiger partial charge in [-0.1, -0.05) is 0 Å². The highest BCUT2D eigenvalue weighted by atomic mass is 16.5. The van der Waals surface area contributed by atoms with Crippen molar-refractivity contribution in [2.45, 2.75) is 38.3 Å². The molecule has 0 unspecified atom stereocenters. The van der Waals surface area contributed by atoms with Crippen LogP contribution < -0.4 is 15.4 Å². The SMILES string of the molecule is COCCOc1cc(C(=O)NC2(C(=O)NC(C)C)CC2)ccn1. The van der Waals surface area contributed by atoms with Gasteiger partial charge < -0.3 is 20.1 Å². The molecule has 2 amide bonds. The van der Waals surface area contributed by atoms with Crippen molar-refractivity contribution in [1.29, 1.82) is 0 Å². The Hall–Kier alpha value is -2.15. The van der Waals surface area contributed by atoms with Crippen molar-refractivity contribution in [2.24, 2.45) is 0 Å². The van der Waals surface area contributed by atoms with Gasteiger partial charge >= 0.3 is 0 Å². The molecule has 1 aliphatic carbocycles. The van der Waals surface area contributed by atoms with Crippen LogP contribution in [0.15, 0.2) is 18.3 Å². The van der Waals surface area contributed by atoms with Crippen LogP contribution >= 0.6 is 0 Å². The summed E-state index contributed by atoms with van der Waals surface area (Å²) < 4.78 is 10.3. The van der Waals surface area contributed by atoms with E-state index in [4.69, 9.17) is 9.47 Å². The van der Waals surface area contributed by atoms with Crippen LogP contribution in [-0.2, 0) is 9.53 Å². The molecule has 0 saturated heterocycles. The van der Waals surface area contributed by atoms with E-state index >= 15 is 0 Å². The number of rotatable bonds is 8. The smallest absolute Gasteiger partial charge is 0.252 e. The van der Waals surface area contributed by atoms with Gasteiger partial charge in [0.15, 0.2) is 0 Å². The van der Waals surface area contributed by atoms with E-state index in [2.05, 4.69) is 15.6 Å². The number of hydrogen-bond acceptors (Lipinski definition) is 5. The second kappa shape index (κ2) is 7.41. The van der Waals surface area contributed by atoms with E-state index in [0.717, 1.165) is 0 Å². The highest BCUT2D eigenvalue weighted by Gasteiger charge is 2.51. The first-order valence-electron chi connectivity index (χ1n) is 7.68. The molecule has 23 heavy (non-hydrogen) atoms. The normalized spacial score (nSPS) is 15.1. The van der Waals surface area contributed by atoms with Crippen molar-refractivity contribution in [3.8, 4) is 5.88 Å². The van der Waals surface area contributed by atoms with Crippen molar-refractivity contribution in [3.05, 3.63) is 23.9 Å². The molecule has 0 aromatic carbocycles. The minimum Gasteiger partial charge on any atom is -0.475 e. The maximum Gasteiger partial charge on any atom is 0.252 e. The molecule has 2 rings (SSSR count). The van der Waals surface area contributed by atoms with Gasteiger partial charge in [0.2, 0.25) is 11.8 Å². The van der Waals surface area contributed by atoms with Gasteiger partial charge in [-0.3, -0.25) is 9.59 Å². The van der Waals surface area contributed by atoms with Gasteiger partial charge in [-0.25, -0.2) is 4.98 Å². The predicted octanol–water partition coefficient (Wildman–Crippen LogP) is 0.894. The molecule has 0 atom stereocenters. The number of aromatic nitrogens is 1. The summed E-state index contributed by atoms with van der Waals surface area (Å²) in [4.78, 5) is 28.6. The predicted molar refractivity (Wildman–Crippen MR) is 84.3 cm³/mol. The average molecular weight is 321 g/mol. The molecule has 1 aromatic heterocycles. The minimum absolute atomic E-state index is 0.0404. The second-order valence-electron chi connectivity index (χ2n) is 5.89. The Kier molecular flexibility index (Phi) is 5.54. The Morgan fingerprint density at radius 1 is 1.35 bits per heavy atom. The molecular formula is C16H23N3O4. The maximum atomic E-state index is 12.4. The first-order chi connectivity index (χ1) is 11.0. The number of nitrogens with one attached hydrogen (secondary N) is 2. The molecule has 1 aliphatic rings. The van der Waals surface area contributed by atoms with Gasteiger partial charge in [-0.2, -0.15) is 0 Å².